The second-order valence-electron chi connectivity index (χ2n) is 12.2. The summed E-state index contributed by atoms with van der Waals surface area (Å²) in [6, 6.07) is 15.3. The first-order valence-electron chi connectivity index (χ1n) is 17.6. The molecule has 15 nitrogen and oxygen atoms in total. The van der Waals surface area contributed by atoms with Crippen molar-refractivity contribution in [3.05, 3.63) is 85.7 Å². The molecule has 7 N–H and O–H groups in total. The van der Waals surface area contributed by atoms with E-state index in [1.165, 1.54) is 5.56 Å². The highest BCUT2D eigenvalue weighted by Crippen LogP contribution is 2.29. The number of aryl methyl sites for hydroxylation is 2. The van der Waals surface area contributed by atoms with Gasteiger partial charge in [-0.05, 0) is 55.4 Å². The summed E-state index contributed by atoms with van der Waals surface area (Å²) in [6.07, 6.45) is 2.64. The van der Waals surface area contributed by atoms with Crippen LogP contribution in [0.5, 0.6) is 5.75 Å². The minimum absolute atomic E-state index is 0.0206. The first kappa shape index (κ1) is 39.5. The smallest absolute Gasteiger partial charge is 0.272 e. The van der Waals surface area contributed by atoms with Crippen LogP contribution >= 0.6 is 0 Å². The van der Waals surface area contributed by atoms with Gasteiger partial charge in [-0.25, -0.2) is 0 Å². The van der Waals surface area contributed by atoms with Gasteiger partial charge in [0.25, 0.3) is 10.9 Å². The normalized spacial score (nSPS) is 12.8. The second-order valence-corrected chi connectivity index (χ2v) is 12.2. The lowest BCUT2D eigenvalue weighted by molar-refractivity contribution is -0.125. The van der Waals surface area contributed by atoms with Crippen LogP contribution in [0.1, 0.15) is 49.3 Å². The number of anilines is 2. The lowest BCUT2D eigenvalue weighted by Crippen LogP contribution is -2.45. The molecular formula is C37H49N7O8. The van der Waals surface area contributed by atoms with E-state index in [2.05, 4.69) is 39.1 Å². The summed E-state index contributed by atoms with van der Waals surface area (Å²) >= 11 is 0. The topological polar surface area (TPSA) is 217 Å². The quantitative estimate of drug-likeness (QED) is 0.0451. The van der Waals surface area contributed by atoms with Gasteiger partial charge >= 0.3 is 0 Å². The van der Waals surface area contributed by atoms with E-state index >= 15 is 0 Å². The SMILES string of the molecule is CCOc1c(N[C@@H](CCCN=C(N)N)C(=O)NCCOCCOCCNC(=O)CCC(=O)N2Cc3ccccc3CCc3ccccc32)c(=O)c1=O. The molecule has 0 fully saturated rings. The number of hydrogen-bond donors (Lipinski definition) is 5. The molecule has 0 saturated heterocycles. The minimum Gasteiger partial charge on any atom is -0.488 e. The van der Waals surface area contributed by atoms with Gasteiger partial charge in [0.05, 0.1) is 39.6 Å². The van der Waals surface area contributed by atoms with Crippen LogP contribution in [0, 0.1) is 0 Å². The van der Waals surface area contributed by atoms with Crippen LogP contribution < -0.4 is 47.9 Å². The molecule has 1 aliphatic rings. The molecule has 0 bridgehead atoms. The zero-order valence-corrected chi connectivity index (χ0v) is 29.6. The highest BCUT2D eigenvalue weighted by molar-refractivity contribution is 5.96. The molecule has 1 atom stereocenters. The van der Waals surface area contributed by atoms with Gasteiger partial charge < -0.3 is 46.5 Å². The number of nitrogens with one attached hydrogen (secondary N) is 3. The number of carbonyl (C=O) groups is 3. The number of guanidine groups is 1. The summed E-state index contributed by atoms with van der Waals surface area (Å²) in [5, 5.41) is 8.38. The van der Waals surface area contributed by atoms with Gasteiger partial charge in [0.2, 0.25) is 17.7 Å². The molecule has 1 heterocycles. The minimum atomic E-state index is -0.832. The number of amides is 3. The van der Waals surface area contributed by atoms with E-state index in [9.17, 15) is 24.0 Å². The van der Waals surface area contributed by atoms with Crippen LogP contribution in [0.15, 0.2) is 63.1 Å². The van der Waals surface area contributed by atoms with Crippen molar-refractivity contribution in [2.24, 2.45) is 16.5 Å². The van der Waals surface area contributed by atoms with Crippen LogP contribution in [0.3, 0.4) is 0 Å². The van der Waals surface area contributed by atoms with Crippen molar-refractivity contribution >= 4 is 35.1 Å². The van der Waals surface area contributed by atoms with Crippen LogP contribution in [0.2, 0.25) is 0 Å². The fourth-order valence-electron chi connectivity index (χ4n) is 5.82. The van der Waals surface area contributed by atoms with Crippen LogP contribution in [-0.2, 0) is 43.2 Å². The zero-order chi connectivity index (χ0) is 37.3. The van der Waals surface area contributed by atoms with Crippen molar-refractivity contribution in [2.45, 2.75) is 58.0 Å². The average molecular weight is 720 g/mol. The van der Waals surface area contributed by atoms with Crippen molar-refractivity contribution in [2.75, 3.05) is 62.9 Å². The van der Waals surface area contributed by atoms with Gasteiger partial charge in [-0.15, -0.1) is 0 Å². The lowest BCUT2D eigenvalue weighted by Gasteiger charge is -2.29. The fourth-order valence-corrected chi connectivity index (χ4v) is 5.82. The Bertz CT molecular complexity index is 1750. The molecule has 0 aliphatic carbocycles. The van der Waals surface area contributed by atoms with Crippen molar-refractivity contribution < 1.29 is 28.6 Å². The number of hydrogen-bond acceptors (Lipinski definition) is 10. The maximum Gasteiger partial charge on any atom is 0.272 e. The predicted molar refractivity (Wildman–Crippen MR) is 198 cm³/mol. The molecule has 280 valence electrons. The number of nitrogens with two attached hydrogens (primary N) is 2. The number of nitrogens with zero attached hydrogens (tertiary/aromatic N) is 2. The molecule has 52 heavy (non-hydrogen) atoms. The number of para-hydroxylation sites is 1. The molecule has 0 saturated carbocycles. The number of aliphatic imine (C=N–C) groups is 1. The Morgan fingerprint density at radius 2 is 1.50 bits per heavy atom. The summed E-state index contributed by atoms with van der Waals surface area (Å²) in [5.41, 5.74) is 13.6. The van der Waals surface area contributed by atoms with Gasteiger partial charge in [0.1, 0.15) is 11.7 Å². The van der Waals surface area contributed by atoms with Gasteiger partial charge in [0, 0.05) is 38.2 Å². The summed E-state index contributed by atoms with van der Waals surface area (Å²) in [5.74, 6) is -0.871. The summed E-state index contributed by atoms with van der Waals surface area (Å²) in [7, 11) is 0. The van der Waals surface area contributed by atoms with Gasteiger partial charge in [-0.3, -0.25) is 29.0 Å². The molecule has 0 radical (unpaired) electrons. The Morgan fingerprint density at radius 3 is 2.21 bits per heavy atom. The van der Waals surface area contributed by atoms with E-state index in [1.807, 2.05) is 30.3 Å². The Kier molecular flexibility index (Phi) is 15.6. The maximum absolute atomic E-state index is 13.4. The highest BCUT2D eigenvalue weighted by atomic mass is 16.5. The van der Waals surface area contributed by atoms with Crippen molar-refractivity contribution in [3.8, 4) is 5.75 Å². The Morgan fingerprint density at radius 1 is 0.846 bits per heavy atom. The molecule has 15 heteroatoms. The molecule has 0 unspecified atom stereocenters. The summed E-state index contributed by atoms with van der Waals surface area (Å²) in [6.45, 7) is 4.13. The standard InChI is InChI=1S/C37H49N7O8/c1-2-52-35-32(33(47)34(35)48)43-28(11-7-17-42-37(38)39)36(49)41-19-21-51-23-22-50-20-18-40-30(45)15-16-31(46)44-24-27-10-4-3-8-25(27)13-14-26-9-5-6-12-29(26)44/h3-6,8-10,12,28,43H,2,7,11,13-24H2,1H3,(H,40,45)(H,41,49)(H4,38,39,42)/t28-/m0/s1. The van der Waals surface area contributed by atoms with Gasteiger partial charge in [0.15, 0.2) is 11.7 Å². The van der Waals surface area contributed by atoms with E-state index in [4.69, 9.17) is 25.7 Å². The largest absolute Gasteiger partial charge is 0.488 e. The summed E-state index contributed by atoms with van der Waals surface area (Å²) in [4.78, 5) is 68.4. The number of rotatable bonds is 21. The second kappa shape index (κ2) is 20.5. The molecule has 3 amide bonds. The predicted octanol–water partition coefficient (Wildman–Crippen LogP) is 0.893. The van der Waals surface area contributed by atoms with Crippen molar-refractivity contribution in [3.63, 3.8) is 0 Å². The first-order valence-corrected chi connectivity index (χ1v) is 17.6. The molecule has 1 aliphatic heterocycles. The third-order valence-corrected chi connectivity index (χ3v) is 8.48. The van der Waals surface area contributed by atoms with Crippen molar-refractivity contribution in [1.29, 1.82) is 0 Å². The monoisotopic (exact) mass is 719 g/mol. The first-order chi connectivity index (χ1) is 25.2. The third kappa shape index (κ3) is 11.6. The number of ether oxygens (including phenoxy) is 3. The summed E-state index contributed by atoms with van der Waals surface area (Å²) < 4.78 is 16.3. The van der Waals surface area contributed by atoms with E-state index in [0.29, 0.717) is 13.0 Å². The van der Waals surface area contributed by atoms with E-state index in [1.54, 1.807) is 11.8 Å². The Balaban J connectivity index is 1.09. The maximum atomic E-state index is 13.4. The number of benzene rings is 2. The third-order valence-electron chi connectivity index (χ3n) is 8.48. The van der Waals surface area contributed by atoms with Crippen molar-refractivity contribution in [1.82, 2.24) is 10.6 Å². The molecule has 0 spiro atoms. The van der Waals surface area contributed by atoms with E-state index in [-0.39, 0.29) is 101 Å². The van der Waals surface area contributed by atoms with E-state index in [0.717, 1.165) is 29.7 Å². The number of fused-ring (bicyclic) bond motifs is 2. The van der Waals surface area contributed by atoms with Crippen LogP contribution in [0.4, 0.5) is 11.4 Å². The highest BCUT2D eigenvalue weighted by Gasteiger charge is 2.28. The molecule has 0 aromatic heterocycles. The Hall–Kier alpha value is -5.28. The molecule has 3 aromatic carbocycles. The molecule has 3 aromatic rings. The number of carbonyl (C=O) groups excluding carboxylic acids is 3. The lowest BCUT2D eigenvalue weighted by atomic mass is 9.95. The van der Waals surface area contributed by atoms with Crippen LogP contribution in [0.25, 0.3) is 0 Å². The average Bonchev–Trinajstić information content (AvgIpc) is 3.14. The van der Waals surface area contributed by atoms with Gasteiger partial charge in [-0.1, -0.05) is 42.5 Å². The van der Waals surface area contributed by atoms with E-state index < -0.39 is 22.8 Å². The zero-order valence-electron chi connectivity index (χ0n) is 29.6. The van der Waals surface area contributed by atoms with Gasteiger partial charge in [-0.2, -0.15) is 0 Å². The molecule has 4 rings (SSSR count). The molecular weight excluding hydrogens is 670 g/mol. The van der Waals surface area contributed by atoms with Crippen LogP contribution in [-0.4, -0.2) is 82.4 Å². The Labute approximate surface area is 302 Å². The fraction of sp³-hybridized carbons (Fsp3) is 0.459.